The van der Waals surface area contributed by atoms with Crippen molar-refractivity contribution in [1.29, 1.82) is 0 Å². The van der Waals surface area contributed by atoms with Crippen LogP contribution < -0.4 is 10.1 Å². The van der Waals surface area contributed by atoms with E-state index in [1.165, 1.54) is 0 Å². The van der Waals surface area contributed by atoms with Crippen molar-refractivity contribution in [3.63, 3.8) is 0 Å². The second kappa shape index (κ2) is 9.66. The fraction of sp³-hybridized carbons (Fsp3) is 0.318. The summed E-state index contributed by atoms with van der Waals surface area (Å²) in [5, 5.41) is 3.05. The van der Waals surface area contributed by atoms with Crippen molar-refractivity contribution in [3.8, 4) is 5.75 Å². The molecule has 1 aliphatic heterocycles. The molecule has 148 valence electrons. The Kier molecular flexibility index (Phi) is 7.01. The Balaban J connectivity index is 1.75. The summed E-state index contributed by atoms with van der Waals surface area (Å²) in [6.45, 7) is 1.02. The van der Waals surface area contributed by atoms with Crippen LogP contribution >= 0.6 is 11.8 Å². The van der Waals surface area contributed by atoms with Crippen LogP contribution in [0.25, 0.3) is 4.91 Å². The van der Waals surface area contributed by atoms with Gasteiger partial charge in [0.1, 0.15) is 5.75 Å². The van der Waals surface area contributed by atoms with Gasteiger partial charge in [0.05, 0.1) is 24.7 Å². The minimum Gasteiger partial charge on any atom is -0.497 e. The van der Waals surface area contributed by atoms with Crippen LogP contribution in [-0.4, -0.2) is 50.9 Å². The van der Waals surface area contributed by atoms with Crippen LogP contribution in [0.1, 0.15) is 17.2 Å². The maximum Gasteiger partial charge on any atom is 0.287 e. The number of likely N-dealkylation sites (N-methyl/N-ethyl adjacent to an activating group) is 1. The normalized spacial score (nSPS) is 15.1. The molecule has 0 unspecified atom stereocenters. The maximum absolute atomic E-state index is 12.9. The Hall–Kier alpha value is -2.44. The van der Waals surface area contributed by atoms with Crippen molar-refractivity contribution in [1.82, 2.24) is 10.2 Å². The zero-order valence-corrected chi connectivity index (χ0v) is 17.3. The summed E-state index contributed by atoms with van der Waals surface area (Å²) in [6.07, 6.45) is 0. The minimum absolute atomic E-state index is 0.0480. The average Bonchev–Trinajstić information content (AvgIpc) is 2.74. The third-order valence-electron chi connectivity index (χ3n) is 4.60. The molecule has 0 bridgehead atoms. The molecule has 0 aromatic heterocycles. The zero-order chi connectivity index (χ0) is 19.9. The SMILES string of the molecule is COc1ccc([C@H](CNC(=O)C2=C(c3ccccc3)SCCO2)N(C)C)cc1. The minimum atomic E-state index is -0.175. The summed E-state index contributed by atoms with van der Waals surface area (Å²) < 4.78 is 11.0. The molecule has 28 heavy (non-hydrogen) atoms. The van der Waals surface area contributed by atoms with Gasteiger partial charge < -0.3 is 19.7 Å². The summed E-state index contributed by atoms with van der Waals surface area (Å²) in [4.78, 5) is 15.9. The molecule has 0 saturated heterocycles. The number of carbonyl (C=O) groups is 1. The predicted octanol–water partition coefficient (Wildman–Crippen LogP) is 3.55. The van der Waals surface area contributed by atoms with E-state index in [0.29, 0.717) is 18.9 Å². The van der Waals surface area contributed by atoms with Gasteiger partial charge >= 0.3 is 0 Å². The molecule has 2 aromatic carbocycles. The van der Waals surface area contributed by atoms with Gasteiger partial charge in [0.2, 0.25) is 0 Å². The first kappa shape index (κ1) is 20.3. The molecule has 1 N–H and O–H groups in total. The molecule has 1 aliphatic rings. The number of thioether (sulfide) groups is 1. The molecule has 2 aromatic rings. The van der Waals surface area contributed by atoms with Gasteiger partial charge in [-0.15, -0.1) is 11.8 Å². The van der Waals surface area contributed by atoms with Crippen molar-refractivity contribution in [3.05, 3.63) is 71.5 Å². The van der Waals surface area contributed by atoms with E-state index in [1.54, 1.807) is 18.9 Å². The average molecular weight is 399 g/mol. The molecule has 0 spiro atoms. The van der Waals surface area contributed by atoms with Crippen molar-refractivity contribution >= 4 is 22.6 Å². The molecular formula is C22H26N2O3S. The van der Waals surface area contributed by atoms with Gasteiger partial charge in [0.25, 0.3) is 5.91 Å². The molecular weight excluding hydrogens is 372 g/mol. The number of nitrogens with zero attached hydrogens (tertiary/aromatic N) is 1. The first-order chi connectivity index (χ1) is 13.6. The van der Waals surface area contributed by atoms with Crippen molar-refractivity contribution < 1.29 is 14.3 Å². The second-order valence-electron chi connectivity index (χ2n) is 6.68. The highest BCUT2D eigenvalue weighted by atomic mass is 32.2. The summed E-state index contributed by atoms with van der Waals surface area (Å²) in [5.74, 6) is 1.89. The van der Waals surface area contributed by atoms with Crippen LogP contribution in [0.15, 0.2) is 60.4 Å². The van der Waals surface area contributed by atoms with Crippen molar-refractivity contribution in [2.24, 2.45) is 0 Å². The molecule has 1 amide bonds. The van der Waals surface area contributed by atoms with Crippen molar-refractivity contribution in [2.45, 2.75) is 6.04 Å². The largest absolute Gasteiger partial charge is 0.497 e. The van der Waals surface area contributed by atoms with Gasteiger partial charge in [-0.25, -0.2) is 0 Å². The second-order valence-corrected chi connectivity index (χ2v) is 7.79. The quantitative estimate of drug-likeness (QED) is 0.773. The monoisotopic (exact) mass is 398 g/mol. The third-order valence-corrected chi connectivity index (χ3v) is 5.69. The lowest BCUT2D eigenvalue weighted by atomic mass is 10.1. The highest BCUT2D eigenvalue weighted by Gasteiger charge is 2.24. The number of rotatable bonds is 7. The highest BCUT2D eigenvalue weighted by molar-refractivity contribution is 8.08. The first-order valence-electron chi connectivity index (χ1n) is 9.24. The number of amides is 1. The van der Waals surface area contributed by atoms with Crippen LogP contribution in [-0.2, 0) is 9.53 Å². The molecule has 0 radical (unpaired) electrons. The highest BCUT2D eigenvalue weighted by Crippen LogP contribution is 2.34. The van der Waals surface area contributed by atoms with E-state index in [9.17, 15) is 4.79 Å². The summed E-state index contributed by atoms with van der Waals surface area (Å²) >= 11 is 1.66. The summed E-state index contributed by atoms with van der Waals surface area (Å²) in [6, 6.07) is 17.9. The summed E-state index contributed by atoms with van der Waals surface area (Å²) in [7, 11) is 5.66. The van der Waals surface area contributed by atoms with Crippen LogP contribution in [0.3, 0.4) is 0 Å². The Morgan fingerprint density at radius 3 is 2.54 bits per heavy atom. The van der Waals surface area contributed by atoms with Gasteiger partial charge in [-0.1, -0.05) is 42.5 Å². The van der Waals surface area contributed by atoms with Crippen molar-refractivity contribution in [2.75, 3.05) is 40.1 Å². The zero-order valence-electron chi connectivity index (χ0n) is 16.5. The molecule has 6 heteroatoms. The Morgan fingerprint density at radius 1 is 1.18 bits per heavy atom. The molecule has 0 aliphatic carbocycles. The first-order valence-corrected chi connectivity index (χ1v) is 10.2. The number of benzene rings is 2. The van der Waals surface area contributed by atoms with Gasteiger partial charge in [0, 0.05) is 12.3 Å². The van der Waals surface area contributed by atoms with Gasteiger partial charge in [0.15, 0.2) is 5.76 Å². The molecule has 5 nitrogen and oxygen atoms in total. The fourth-order valence-electron chi connectivity index (χ4n) is 3.09. The standard InChI is InChI=1S/C22H26N2O3S/c1-24(2)19(16-9-11-18(26-3)12-10-16)15-23-22(25)20-21(28-14-13-27-20)17-7-5-4-6-8-17/h4-12,19H,13-15H2,1-3H3,(H,23,25)/t19-/m0/s1. The maximum atomic E-state index is 12.9. The number of hydrogen-bond donors (Lipinski definition) is 1. The number of carbonyl (C=O) groups excluding carboxylic acids is 1. The van der Waals surface area contributed by atoms with Crippen LogP contribution in [0.5, 0.6) is 5.75 Å². The van der Waals surface area contributed by atoms with E-state index in [0.717, 1.165) is 27.5 Å². The van der Waals surface area contributed by atoms with Gasteiger partial charge in [-0.2, -0.15) is 0 Å². The third kappa shape index (κ3) is 4.88. The van der Waals surface area contributed by atoms with Crippen LogP contribution in [0, 0.1) is 0 Å². The Labute approximate surface area is 170 Å². The Bertz CT molecular complexity index is 819. The number of methoxy groups -OCH3 is 1. The molecule has 1 atom stereocenters. The molecule has 3 rings (SSSR count). The van der Waals surface area contributed by atoms with Crippen LogP contribution in [0.4, 0.5) is 0 Å². The molecule has 0 saturated carbocycles. The van der Waals surface area contributed by atoms with Crippen LogP contribution in [0.2, 0.25) is 0 Å². The molecule has 0 fully saturated rings. The topological polar surface area (TPSA) is 50.8 Å². The lowest BCUT2D eigenvalue weighted by Crippen LogP contribution is -2.36. The summed E-state index contributed by atoms with van der Waals surface area (Å²) in [5.41, 5.74) is 2.12. The predicted molar refractivity (Wildman–Crippen MR) is 114 cm³/mol. The van der Waals surface area contributed by atoms with E-state index in [1.807, 2.05) is 68.7 Å². The number of ether oxygens (including phenoxy) is 2. The number of hydrogen-bond acceptors (Lipinski definition) is 5. The lowest BCUT2D eigenvalue weighted by molar-refractivity contribution is -0.120. The lowest BCUT2D eigenvalue weighted by Gasteiger charge is -2.26. The fourth-order valence-corrected chi connectivity index (χ4v) is 4.04. The van der Waals surface area contributed by atoms with E-state index in [-0.39, 0.29) is 11.9 Å². The van der Waals surface area contributed by atoms with E-state index < -0.39 is 0 Å². The van der Waals surface area contributed by atoms with Gasteiger partial charge in [-0.3, -0.25) is 4.79 Å². The molecule has 1 heterocycles. The smallest absolute Gasteiger partial charge is 0.287 e. The number of nitrogens with one attached hydrogen (secondary N) is 1. The van der Waals surface area contributed by atoms with E-state index in [2.05, 4.69) is 10.2 Å². The van der Waals surface area contributed by atoms with Gasteiger partial charge in [-0.05, 0) is 37.4 Å². The van der Waals surface area contributed by atoms with E-state index in [4.69, 9.17) is 9.47 Å². The van der Waals surface area contributed by atoms with E-state index >= 15 is 0 Å². The Morgan fingerprint density at radius 2 is 1.89 bits per heavy atom.